The molecule has 2 nitrogen and oxygen atoms in total. The summed E-state index contributed by atoms with van der Waals surface area (Å²) in [5.41, 5.74) is 9.00. The molecule has 21 heavy (non-hydrogen) atoms. The number of nitrogens with two attached hydrogens (primary N) is 1. The Morgan fingerprint density at radius 3 is 2.67 bits per heavy atom. The molecule has 0 aliphatic rings. The van der Waals surface area contributed by atoms with Gasteiger partial charge in [-0.3, -0.25) is 0 Å². The highest BCUT2D eigenvalue weighted by Crippen LogP contribution is 2.24. The zero-order valence-electron chi connectivity index (χ0n) is 11.4. The van der Waals surface area contributed by atoms with E-state index in [1.807, 2.05) is 41.8 Å². The van der Waals surface area contributed by atoms with Crippen molar-refractivity contribution in [2.45, 2.75) is 12.5 Å². The number of rotatable bonds is 4. The maximum Gasteiger partial charge on any atom is 0.123 e. The van der Waals surface area contributed by atoms with E-state index in [-0.39, 0.29) is 11.9 Å². The Morgan fingerprint density at radius 1 is 1.10 bits per heavy atom. The van der Waals surface area contributed by atoms with Gasteiger partial charge < -0.3 is 5.73 Å². The van der Waals surface area contributed by atoms with E-state index in [2.05, 4.69) is 4.98 Å². The summed E-state index contributed by atoms with van der Waals surface area (Å²) in [6.45, 7) is 0. The Bertz CT molecular complexity index is 724. The first-order chi connectivity index (χ1) is 10.2. The van der Waals surface area contributed by atoms with Crippen LogP contribution in [0.5, 0.6) is 0 Å². The highest BCUT2D eigenvalue weighted by atomic mass is 32.1. The van der Waals surface area contributed by atoms with Gasteiger partial charge in [-0.25, -0.2) is 9.37 Å². The van der Waals surface area contributed by atoms with E-state index >= 15 is 0 Å². The van der Waals surface area contributed by atoms with Crippen molar-refractivity contribution in [2.24, 2.45) is 5.73 Å². The van der Waals surface area contributed by atoms with Crippen molar-refractivity contribution in [1.29, 1.82) is 0 Å². The van der Waals surface area contributed by atoms with Crippen molar-refractivity contribution in [1.82, 2.24) is 4.98 Å². The van der Waals surface area contributed by atoms with Crippen LogP contribution in [0, 0.1) is 5.82 Å². The fraction of sp³-hybridized carbons (Fsp3) is 0.118. The molecule has 1 heterocycles. The van der Waals surface area contributed by atoms with E-state index in [9.17, 15) is 4.39 Å². The van der Waals surface area contributed by atoms with Gasteiger partial charge in [0.2, 0.25) is 0 Å². The van der Waals surface area contributed by atoms with Gasteiger partial charge in [-0.2, -0.15) is 0 Å². The summed E-state index contributed by atoms with van der Waals surface area (Å²) in [4.78, 5) is 4.61. The third-order valence-corrected chi connectivity index (χ3v) is 4.16. The van der Waals surface area contributed by atoms with E-state index < -0.39 is 0 Å². The van der Waals surface area contributed by atoms with Gasteiger partial charge in [-0.1, -0.05) is 42.5 Å². The van der Waals surface area contributed by atoms with Gasteiger partial charge in [-0.05, 0) is 17.7 Å². The van der Waals surface area contributed by atoms with Crippen LogP contribution in [0.15, 0.2) is 60.0 Å². The average Bonchev–Trinajstić information content (AvgIpc) is 2.97. The van der Waals surface area contributed by atoms with Crippen LogP contribution in [0.3, 0.4) is 0 Å². The zero-order chi connectivity index (χ0) is 14.7. The van der Waals surface area contributed by atoms with Gasteiger partial charge in [0.25, 0.3) is 0 Å². The van der Waals surface area contributed by atoms with Crippen molar-refractivity contribution in [3.05, 3.63) is 76.4 Å². The molecule has 1 atom stereocenters. The molecule has 0 spiro atoms. The molecule has 4 heteroatoms. The molecule has 1 aromatic heterocycles. The topological polar surface area (TPSA) is 38.9 Å². The molecule has 3 rings (SSSR count). The molecule has 0 bridgehead atoms. The number of thiazole rings is 1. The first kappa shape index (κ1) is 13.9. The summed E-state index contributed by atoms with van der Waals surface area (Å²) in [5, 5.41) is 2.99. The second kappa shape index (κ2) is 6.16. The Labute approximate surface area is 127 Å². The maximum atomic E-state index is 13.2. The third-order valence-electron chi connectivity index (χ3n) is 3.29. The van der Waals surface area contributed by atoms with Crippen LogP contribution in [0.4, 0.5) is 4.39 Å². The number of benzene rings is 2. The van der Waals surface area contributed by atoms with Gasteiger partial charge in [0, 0.05) is 23.4 Å². The molecular formula is C17H15FN2S. The Hall–Kier alpha value is -2.04. The van der Waals surface area contributed by atoms with Crippen molar-refractivity contribution >= 4 is 11.3 Å². The van der Waals surface area contributed by atoms with Crippen molar-refractivity contribution in [3.63, 3.8) is 0 Å². The minimum Gasteiger partial charge on any atom is -0.324 e. The SMILES string of the molecule is NC(Cc1nc(-c2ccccc2)cs1)c1cccc(F)c1. The largest absolute Gasteiger partial charge is 0.324 e. The van der Waals surface area contributed by atoms with Gasteiger partial charge in [0.15, 0.2) is 0 Å². The molecule has 0 fully saturated rings. The lowest BCUT2D eigenvalue weighted by molar-refractivity contribution is 0.618. The second-order valence-corrected chi connectivity index (χ2v) is 5.80. The van der Waals surface area contributed by atoms with Crippen molar-refractivity contribution in [2.75, 3.05) is 0 Å². The van der Waals surface area contributed by atoms with Crippen LogP contribution in [0.2, 0.25) is 0 Å². The molecule has 2 aromatic carbocycles. The van der Waals surface area contributed by atoms with Crippen LogP contribution in [0.25, 0.3) is 11.3 Å². The third kappa shape index (κ3) is 3.35. The predicted octanol–water partition coefficient (Wildman–Crippen LogP) is 4.19. The monoisotopic (exact) mass is 298 g/mol. The molecular weight excluding hydrogens is 283 g/mol. The lowest BCUT2D eigenvalue weighted by Crippen LogP contribution is -2.13. The smallest absolute Gasteiger partial charge is 0.123 e. The first-order valence-corrected chi connectivity index (χ1v) is 7.61. The summed E-state index contributed by atoms with van der Waals surface area (Å²) in [5.74, 6) is -0.257. The van der Waals surface area contributed by atoms with Crippen LogP contribution in [0.1, 0.15) is 16.6 Å². The van der Waals surface area contributed by atoms with Gasteiger partial charge >= 0.3 is 0 Å². The molecule has 1 unspecified atom stereocenters. The summed E-state index contributed by atoms with van der Waals surface area (Å²) in [7, 11) is 0. The second-order valence-electron chi connectivity index (χ2n) is 4.86. The highest BCUT2D eigenvalue weighted by Gasteiger charge is 2.11. The van der Waals surface area contributed by atoms with Gasteiger partial charge in [0.05, 0.1) is 10.7 Å². The van der Waals surface area contributed by atoms with Crippen LogP contribution < -0.4 is 5.73 Å². The first-order valence-electron chi connectivity index (χ1n) is 6.73. The highest BCUT2D eigenvalue weighted by molar-refractivity contribution is 7.09. The van der Waals surface area contributed by atoms with Crippen molar-refractivity contribution in [3.8, 4) is 11.3 Å². The molecule has 0 saturated carbocycles. The standard InChI is InChI=1S/C17H15FN2S/c18-14-8-4-7-13(9-14)15(19)10-17-20-16(11-21-17)12-5-2-1-3-6-12/h1-9,11,15H,10,19H2. The fourth-order valence-corrected chi connectivity index (χ4v) is 3.05. The Kier molecular flexibility index (Phi) is 4.08. The lowest BCUT2D eigenvalue weighted by Gasteiger charge is -2.10. The maximum absolute atomic E-state index is 13.2. The summed E-state index contributed by atoms with van der Waals surface area (Å²) in [6.07, 6.45) is 0.612. The lowest BCUT2D eigenvalue weighted by atomic mass is 10.1. The Morgan fingerprint density at radius 2 is 1.90 bits per heavy atom. The minimum absolute atomic E-state index is 0.240. The van der Waals surface area contributed by atoms with E-state index in [1.165, 1.54) is 12.1 Å². The molecule has 0 saturated heterocycles. The van der Waals surface area contributed by atoms with Crippen molar-refractivity contribution < 1.29 is 4.39 Å². The Balaban J connectivity index is 1.75. The molecule has 106 valence electrons. The van der Waals surface area contributed by atoms with Crippen LogP contribution in [-0.4, -0.2) is 4.98 Å². The molecule has 3 aromatic rings. The molecule has 0 amide bonds. The predicted molar refractivity (Wildman–Crippen MR) is 84.6 cm³/mol. The molecule has 2 N–H and O–H groups in total. The summed E-state index contributed by atoms with van der Waals surface area (Å²) in [6, 6.07) is 16.2. The average molecular weight is 298 g/mol. The van der Waals surface area contributed by atoms with E-state index in [4.69, 9.17) is 5.73 Å². The number of nitrogens with zero attached hydrogens (tertiary/aromatic N) is 1. The quantitative estimate of drug-likeness (QED) is 0.784. The normalized spacial score (nSPS) is 12.3. The van der Waals surface area contributed by atoms with E-state index in [0.717, 1.165) is 21.8 Å². The fourth-order valence-electron chi connectivity index (χ4n) is 2.19. The number of hydrogen-bond donors (Lipinski definition) is 1. The van der Waals surface area contributed by atoms with Gasteiger partial charge in [-0.15, -0.1) is 11.3 Å². The van der Waals surface area contributed by atoms with Crippen LogP contribution in [-0.2, 0) is 6.42 Å². The van der Waals surface area contributed by atoms with E-state index in [0.29, 0.717) is 6.42 Å². The summed E-state index contributed by atoms with van der Waals surface area (Å²) >= 11 is 1.59. The zero-order valence-corrected chi connectivity index (χ0v) is 12.2. The number of hydrogen-bond acceptors (Lipinski definition) is 3. The number of aromatic nitrogens is 1. The summed E-state index contributed by atoms with van der Waals surface area (Å²) < 4.78 is 13.2. The molecule has 0 aliphatic carbocycles. The van der Waals surface area contributed by atoms with E-state index in [1.54, 1.807) is 17.4 Å². The number of halogens is 1. The van der Waals surface area contributed by atoms with Gasteiger partial charge in [0.1, 0.15) is 5.82 Å². The minimum atomic E-state index is -0.257. The molecule has 0 radical (unpaired) electrons. The van der Waals surface area contributed by atoms with Crippen LogP contribution >= 0.6 is 11.3 Å². The molecule has 0 aliphatic heterocycles.